The molecule has 0 radical (unpaired) electrons. The molecule has 4 rings (SSSR count). The van der Waals surface area contributed by atoms with Gasteiger partial charge in [0.1, 0.15) is 12.3 Å². The Morgan fingerprint density at radius 3 is 2.42 bits per heavy atom. The van der Waals surface area contributed by atoms with Crippen molar-refractivity contribution in [3.63, 3.8) is 0 Å². The molecule has 132 valence electrons. The first kappa shape index (κ1) is 16.5. The fraction of sp³-hybridized carbons (Fsp3) is 0.150. The van der Waals surface area contributed by atoms with E-state index in [1.165, 1.54) is 0 Å². The minimum absolute atomic E-state index is 0.468. The van der Waals surface area contributed by atoms with Gasteiger partial charge in [-0.15, -0.1) is 0 Å². The molecule has 2 N–H and O–H groups in total. The fourth-order valence-corrected chi connectivity index (χ4v) is 3.41. The molecule has 1 atom stereocenters. The predicted octanol–water partition coefficient (Wildman–Crippen LogP) is 4.18. The maximum absolute atomic E-state index is 11.7. The van der Waals surface area contributed by atoms with Crippen LogP contribution in [0.3, 0.4) is 0 Å². The lowest BCUT2D eigenvalue weighted by Crippen LogP contribution is -2.25. The highest BCUT2D eigenvalue weighted by molar-refractivity contribution is 6.30. The third-order valence-corrected chi connectivity index (χ3v) is 4.83. The summed E-state index contributed by atoms with van der Waals surface area (Å²) in [4.78, 5) is 15.0. The second-order valence-corrected chi connectivity index (χ2v) is 6.46. The van der Waals surface area contributed by atoms with Gasteiger partial charge in [0.15, 0.2) is 11.5 Å². The molecule has 1 aromatic heterocycles. The predicted molar refractivity (Wildman–Crippen MR) is 103 cm³/mol. The van der Waals surface area contributed by atoms with E-state index >= 15 is 0 Å². The number of carbonyl (C=O) groups excluding carboxylic acids is 1. The van der Waals surface area contributed by atoms with Gasteiger partial charge in [-0.3, -0.25) is 0 Å². The molecule has 0 fully saturated rings. The lowest BCUT2D eigenvalue weighted by molar-refractivity contribution is -0.109. The van der Waals surface area contributed by atoms with Gasteiger partial charge in [-0.2, -0.15) is 0 Å². The Morgan fingerprint density at radius 1 is 1.08 bits per heavy atom. The van der Waals surface area contributed by atoms with E-state index < -0.39 is 6.04 Å². The number of halogens is 1. The Hall–Kier alpha value is -2.92. The van der Waals surface area contributed by atoms with Gasteiger partial charge < -0.3 is 24.6 Å². The van der Waals surface area contributed by atoms with Crippen molar-refractivity contribution in [2.75, 3.05) is 14.2 Å². The van der Waals surface area contributed by atoms with Gasteiger partial charge in [-0.1, -0.05) is 23.7 Å². The summed E-state index contributed by atoms with van der Waals surface area (Å²) >= 11 is 5.98. The zero-order valence-electron chi connectivity index (χ0n) is 14.3. The van der Waals surface area contributed by atoms with Crippen LogP contribution in [-0.4, -0.2) is 25.5 Å². The molecule has 3 aromatic rings. The highest BCUT2D eigenvalue weighted by atomic mass is 35.5. The number of H-pyrrole nitrogens is 1. The maximum Gasteiger partial charge on any atom is 0.162 e. The molecule has 0 amide bonds. The summed E-state index contributed by atoms with van der Waals surface area (Å²) in [6.07, 6.45) is 2.93. The van der Waals surface area contributed by atoms with Crippen molar-refractivity contribution in [3.05, 3.63) is 58.2 Å². The third-order valence-electron chi connectivity index (χ3n) is 4.58. The number of benzene rings is 2. The topological polar surface area (TPSA) is 63.4 Å². The summed E-state index contributed by atoms with van der Waals surface area (Å²) in [6.45, 7) is 0. The number of hydrogen-bond acceptors (Lipinski definition) is 4. The first-order valence-electron chi connectivity index (χ1n) is 8.11. The molecular weight excluding hydrogens is 352 g/mol. The van der Waals surface area contributed by atoms with Crippen LogP contribution in [0.1, 0.15) is 22.9 Å². The van der Waals surface area contributed by atoms with Gasteiger partial charge in [0, 0.05) is 27.7 Å². The van der Waals surface area contributed by atoms with Gasteiger partial charge in [0.2, 0.25) is 0 Å². The Morgan fingerprint density at radius 2 is 1.77 bits per heavy atom. The first-order chi connectivity index (χ1) is 12.6. The molecule has 2 heterocycles. The minimum atomic E-state index is -0.468. The molecule has 26 heavy (non-hydrogen) atoms. The highest BCUT2D eigenvalue weighted by Gasteiger charge is 2.25. The average molecular weight is 369 g/mol. The summed E-state index contributed by atoms with van der Waals surface area (Å²) in [6, 6.07) is 10.8. The number of ether oxygens (including phenoxy) is 2. The van der Waals surface area contributed by atoms with Crippen molar-refractivity contribution >= 4 is 40.6 Å². The van der Waals surface area contributed by atoms with Crippen molar-refractivity contribution in [2.24, 2.45) is 0 Å². The molecule has 5 nitrogen and oxygen atoms in total. The van der Waals surface area contributed by atoms with Crippen LogP contribution in [0.25, 0.3) is 22.7 Å². The van der Waals surface area contributed by atoms with E-state index in [9.17, 15) is 4.79 Å². The molecule has 0 bridgehead atoms. The largest absolute Gasteiger partial charge is 0.493 e. The molecular formula is C20H17ClN2O3. The van der Waals surface area contributed by atoms with Crippen LogP contribution >= 0.6 is 11.6 Å². The van der Waals surface area contributed by atoms with E-state index in [0.29, 0.717) is 16.5 Å². The minimum Gasteiger partial charge on any atom is -0.493 e. The van der Waals surface area contributed by atoms with Gasteiger partial charge in [0.05, 0.1) is 25.4 Å². The Kier molecular flexibility index (Phi) is 4.09. The number of aldehydes is 1. The lowest BCUT2D eigenvalue weighted by atomic mass is 9.98. The number of carbonyl (C=O) groups is 1. The second kappa shape index (κ2) is 6.42. The number of fused-ring (bicyclic) bond motifs is 3. The Bertz CT molecular complexity index is 1020. The average Bonchev–Trinajstić information content (AvgIpc) is 3.04. The normalized spacial score (nSPS) is 15.8. The summed E-state index contributed by atoms with van der Waals surface area (Å²) in [5, 5.41) is 4.91. The van der Waals surface area contributed by atoms with Crippen LogP contribution in [0.2, 0.25) is 5.02 Å². The van der Waals surface area contributed by atoms with Crippen LogP contribution in [-0.2, 0) is 4.79 Å². The molecule has 0 saturated carbocycles. The number of rotatable bonds is 4. The van der Waals surface area contributed by atoms with Crippen molar-refractivity contribution in [2.45, 2.75) is 6.04 Å². The summed E-state index contributed by atoms with van der Waals surface area (Å²) in [7, 11) is 3.20. The van der Waals surface area contributed by atoms with E-state index in [0.717, 1.165) is 39.7 Å². The number of aromatic amines is 1. The highest BCUT2D eigenvalue weighted by Crippen LogP contribution is 2.39. The molecule has 6 heteroatoms. The van der Waals surface area contributed by atoms with Crippen molar-refractivity contribution in [3.8, 4) is 11.5 Å². The molecule has 1 aliphatic rings. The van der Waals surface area contributed by atoms with E-state index in [4.69, 9.17) is 21.1 Å². The Balaban J connectivity index is 1.93. The van der Waals surface area contributed by atoms with Gasteiger partial charge >= 0.3 is 0 Å². The number of hydrogen-bond donors (Lipinski definition) is 2. The maximum atomic E-state index is 11.7. The van der Waals surface area contributed by atoms with Crippen molar-refractivity contribution in [1.82, 2.24) is 10.3 Å². The van der Waals surface area contributed by atoms with E-state index in [-0.39, 0.29) is 0 Å². The monoisotopic (exact) mass is 368 g/mol. The SMILES string of the molecule is COc1cc2[nH]c3c(c2cc1OC)C=C(c1ccc(Cl)cc1)NC3C=O. The van der Waals surface area contributed by atoms with Gasteiger partial charge in [-0.25, -0.2) is 0 Å². The molecule has 2 aromatic carbocycles. The van der Waals surface area contributed by atoms with Crippen LogP contribution in [0.15, 0.2) is 36.4 Å². The second-order valence-electron chi connectivity index (χ2n) is 6.03. The number of nitrogens with one attached hydrogen (secondary N) is 2. The smallest absolute Gasteiger partial charge is 0.162 e. The summed E-state index contributed by atoms with van der Waals surface area (Å²) in [5.41, 5.74) is 4.49. The molecule has 0 saturated heterocycles. The summed E-state index contributed by atoms with van der Waals surface area (Å²) in [5.74, 6) is 1.28. The number of methoxy groups -OCH3 is 2. The lowest BCUT2D eigenvalue weighted by Gasteiger charge is -2.22. The number of aromatic nitrogens is 1. The van der Waals surface area contributed by atoms with E-state index in [2.05, 4.69) is 10.3 Å². The van der Waals surface area contributed by atoms with Gasteiger partial charge in [0.25, 0.3) is 0 Å². The molecule has 1 unspecified atom stereocenters. The van der Waals surface area contributed by atoms with Crippen LogP contribution in [0.4, 0.5) is 0 Å². The summed E-state index contributed by atoms with van der Waals surface area (Å²) < 4.78 is 10.8. The standard InChI is InChI=1S/C20H17ClN2O3/c1-25-18-8-13-14-7-15(11-3-5-12(21)6-4-11)22-17(10-24)20(14)23-16(13)9-19(18)26-2/h3-10,17,22-23H,1-2H3. The van der Waals surface area contributed by atoms with Crippen molar-refractivity contribution in [1.29, 1.82) is 0 Å². The van der Waals surface area contributed by atoms with Gasteiger partial charge in [-0.05, 0) is 29.8 Å². The first-order valence-corrected chi connectivity index (χ1v) is 8.49. The van der Waals surface area contributed by atoms with E-state index in [1.807, 2.05) is 42.5 Å². The van der Waals surface area contributed by atoms with E-state index in [1.54, 1.807) is 14.2 Å². The molecule has 1 aliphatic heterocycles. The van der Waals surface area contributed by atoms with Crippen LogP contribution < -0.4 is 14.8 Å². The Labute approximate surface area is 155 Å². The third kappa shape index (κ3) is 2.61. The zero-order valence-corrected chi connectivity index (χ0v) is 15.1. The van der Waals surface area contributed by atoms with Crippen LogP contribution in [0, 0.1) is 0 Å². The van der Waals surface area contributed by atoms with Crippen LogP contribution in [0.5, 0.6) is 11.5 Å². The van der Waals surface area contributed by atoms with Crippen molar-refractivity contribution < 1.29 is 14.3 Å². The molecule has 0 spiro atoms. The fourth-order valence-electron chi connectivity index (χ4n) is 3.29. The molecule has 0 aliphatic carbocycles. The quantitative estimate of drug-likeness (QED) is 0.678. The zero-order chi connectivity index (χ0) is 18.3.